The third kappa shape index (κ3) is 4.34. The zero-order valence-corrected chi connectivity index (χ0v) is 14.5. The van der Waals surface area contributed by atoms with Gasteiger partial charge < -0.3 is 9.15 Å². The molecule has 1 aromatic carbocycles. The number of carbonyl (C=O) groups excluding carboxylic acids is 1. The van der Waals surface area contributed by atoms with E-state index in [0.717, 1.165) is 18.0 Å². The van der Waals surface area contributed by atoms with Crippen molar-refractivity contribution in [1.82, 2.24) is 9.97 Å². The highest BCUT2D eigenvalue weighted by molar-refractivity contribution is 7.98. The summed E-state index contributed by atoms with van der Waals surface area (Å²) in [6, 6.07) is 8.34. The van der Waals surface area contributed by atoms with Gasteiger partial charge in [-0.1, -0.05) is 23.9 Å². The normalized spacial score (nSPS) is 10.5. The summed E-state index contributed by atoms with van der Waals surface area (Å²) in [5.41, 5.74) is 0.0317. The molecule has 0 N–H and O–H groups in total. The zero-order chi connectivity index (χ0) is 18.5. The third-order valence-corrected chi connectivity index (χ3v) is 4.15. The SMILES string of the molecule is Cc1ccnc(SCc2cc(=O)c(OC(=O)c3ccccc3F)co2)n1. The van der Waals surface area contributed by atoms with E-state index < -0.39 is 17.2 Å². The molecule has 6 nitrogen and oxygen atoms in total. The fourth-order valence-electron chi connectivity index (χ4n) is 2.00. The Bertz CT molecular complexity index is 1010. The van der Waals surface area contributed by atoms with Crippen LogP contribution in [0.15, 0.2) is 63.2 Å². The van der Waals surface area contributed by atoms with E-state index in [-0.39, 0.29) is 11.3 Å². The van der Waals surface area contributed by atoms with Gasteiger partial charge in [0.25, 0.3) is 0 Å². The lowest BCUT2D eigenvalue weighted by atomic mass is 10.2. The smallest absolute Gasteiger partial charge is 0.346 e. The average molecular weight is 372 g/mol. The third-order valence-electron chi connectivity index (χ3n) is 3.26. The molecule has 0 spiro atoms. The molecule has 0 amide bonds. The van der Waals surface area contributed by atoms with Gasteiger partial charge in [0.1, 0.15) is 17.8 Å². The van der Waals surface area contributed by atoms with Crippen molar-refractivity contribution < 1.29 is 18.3 Å². The number of hydrogen-bond donors (Lipinski definition) is 0. The molecule has 0 fully saturated rings. The summed E-state index contributed by atoms with van der Waals surface area (Å²) in [6.07, 6.45) is 2.68. The van der Waals surface area contributed by atoms with Crippen LogP contribution in [0, 0.1) is 12.7 Å². The van der Waals surface area contributed by atoms with Crippen molar-refractivity contribution in [2.75, 3.05) is 0 Å². The van der Waals surface area contributed by atoms with E-state index in [1.54, 1.807) is 12.3 Å². The molecule has 0 radical (unpaired) electrons. The summed E-state index contributed by atoms with van der Waals surface area (Å²) in [6.45, 7) is 1.85. The first kappa shape index (κ1) is 17.8. The second kappa shape index (κ2) is 7.92. The lowest BCUT2D eigenvalue weighted by molar-refractivity contribution is 0.0724. The van der Waals surface area contributed by atoms with E-state index in [1.807, 2.05) is 6.92 Å². The van der Waals surface area contributed by atoms with Crippen LogP contribution >= 0.6 is 11.8 Å². The van der Waals surface area contributed by atoms with Crippen LogP contribution < -0.4 is 10.2 Å². The molecule has 0 unspecified atom stereocenters. The molecule has 2 heterocycles. The molecule has 132 valence electrons. The highest BCUT2D eigenvalue weighted by Gasteiger charge is 2.16. The molecule has 0 saturated heterocycles. The van der Waals surface area contributed by atoms with Crippen LogP contribution in [0.4, 0.5) is 4.39 Å². The molecule has 0 aliphatic carbocycles. The van der Waals surface area contributed by atoms with E-state index in [0.29, 0.717) is 16.7 Å². The molecular weight excluding hydrogens is 359 g/mol. The fraction of sp³-hybridized carbons (Fsp3) is 0.111. The Morgan fingerprint density at radius 1 is 1.31 bits per heavy atom. The maximum absolute atomic E-state index is 13.6. The van der Waals surface area contributed by atoms with Crippen molar-refractivity contribution in [3.63, 3.8) is 0 Å². The van der Waals surface area contributed by atoms with E-state index in [9.17, 15) is 14.0 Å². The lowest BCUT2D eigenvalue weighted by Crippen LogP contribution is -2.15. The van der Waals surface area contributed by atoms with Crippen molar-refractivity contribution in [1.29, 1.82) is 0 Å². The van der Waals surface area contributed by atoms with Crippen LogP contribution in [-0.2, 0) is 5.75 Å². The number of nitrogens with zero attached hydrogens (tertiary/aromatic N) is 2. The van der Waals surface area contributed by atoms with E-state index in [4.69, 9.17) is 9.15 Å². The largest absolute Gasteiger partial charge is 0.464 e. The van der Waals surface area contributed by atoms with Gasteiger partial charge in [-0.05, 0) is 25.1 Å². The van der Waals surface area contributed by atoms with Gasteiger partial charge in [0.2, 0.25) is 11.2 Å². The Morgan fingerprint density at radius 2 is 2.12 bits per heavy atom. The molecule has 3 rings (SSSR count). The van der Waals surface area contributed by atoms with Gasteiger partial charge in [-0.15, -0.1) is 0 Å². The van der Waals surface area contributed by atoms with Crippen molar-refractivity contribution in [2.45, 2.75) is 17.8 Å². The number of carbonyl (C=O) groups is 1. The van der Waals surface area contributed by atoms with Gasteiger partial charge in [0.15, 0.2) is 5.16 Å². The Kier molecular flexibility index (Phi) is 5.43. The van der Waals surface area contributed by atoms with Crippen LogP contribution in [0.25, 0.3) is 0 Å². The zero-order valence-electron chi connectivity index (χ0n) is 13.6. The first-order valence-electron chi connectivity index (χ1n) is 7.54. The van der Waals surface area contributed by atoms with Crippen LogP contribution in [0.1, 0.15) is 21.8 Å². The quantitative estimate of drug-likeness (QED) is 0.386. The standard InChI is InChI=1S/C18H13FN2O4S/c1-11-6-7-20-18(21-11)26-10-12-8-15(22)16(9-24-12)25-17(23)13-4-2-3-5-14(13)19/h2-9H,10H2,1H3. The highest BCUT2D eigenvalue weighted by Crippen LogP contribution is 2.19. The molecule has 0 bridgehead atoms. The number of rotatable bonds is 5. The predicted molar refractivity (Wildman–Crippen MR) is 92.7 cm³/mol. The van der Waals surface area contributed by atoms with Gasteiger partial charge in [-0.25, -0.2) is 19.2 Å². The van der Waals surface area contributed by atoms with Crippen LogP contribution in [-0.4, -0.2) is 15.9 Å². The van der Waals surface area contributed by atoms with Crippen LogP contribution in [0.2, 0.25) is 0 Å². The molecule has 26 heavy (non-hydrogen) atoms. The Morgan fingerprint density at radius 3 is 2.85 bits per heavy atom. The molecule has 0 aliphatic rings. The van der Waals surface area contributed by atoms with Gasteiger partial charge >= 0.3 is 5.97 Å². The topological polar surface area (TPSA) is 82.3 Å². The summed E-state index contributed by atoms with van der Waals surface area (Å²) >= 11 is 1.30. The summed E-state index contributed by atoms with van der Waals surface area (Å²) in [7, 11) is 0. The second-order valence-electron chi connectivity index (χ2n) is 5.21. The molecule has 0 atom stereocenters. The van der Waals surface area contributed by atoms with Crippen molar-refractivity contribution in [3.05, 3.63) is 81.9 Å². The first-order valence-corrected chi connectivity index (χ1v) is 8.52. The number of aryl methyl sites for hydroxylation is 1. The maximum Gasteiger partial charge on any atom is 0.346 e. The summed E-state index contributed by atoms with van der Waals surface area (Å²) in [5.74, 6) is -1.30. The first-order chi connectivity index (χ1) is 12.5. The highest BCUT2D eigenvalue weighted by atomic mass is 32.2. The van der Waals surface area contributed by atoms with Crippen LogP contribution in [0.5, 0.6) is 5.75 Å². The minimum absolute atomic E-state index is 0.261. The van der Waals surface area contributed by atoms with E-state index >= 15 is 0 Å². The van der Waals surface area contributed by atoms with Gasteiger partial charge in [0, 0.05) is 18.0 Å². The molecule has 2 aromatic heterocycles. The van der Waals surface area contributed by atoms with Gasteiger partial charge in [-0.3, -0.25) is 4.79 Å². The Labute approximate surface area is 152 Å². The number of benzene rings is 1. The van der Waals surface area contributed by atoms with Crippen molar-refractivity contribution in [2.24, 2.45) is 0 Å². The van der Waals surface area contributed by atoms with E-state index in [2.05, 4.69) is 9.97 Å². The summed E-state index contributed by atoms with van der Waals surface area (Å²) < 4.78 is 23.8. The molecule has 0 aliphatic heterocycles. The Hall–Kier alpha value is -3.00. The van der Waals surface area contributed by atoms with Gasteiger partial charge in [-0.2, -0.15) is 0 Å². The minimum Gasteiger partial charge on any atom is -0.464 e. The van der Waals surface area contributed by atoms with Crippen LogP contribution in [0.3, 0.4) is 0 Å². The maximum atomic E-state index is 13.6. The molecule has 0 saturated carbocycles. The van der Waals surface area contributed by atoms with E-state index in [1.165, 1.54) is 36.0 Å². The summed E-state index contributed by atoms with van der Waals surface area (Å²) in [5, 5.41) is 0.558. The number of hydrogen-bond acceptors (Lipinski definition) is 7. The number of halogens is 1. The van der Waals surface area contributed by atoms with Gasteiger partial charge in [0.05, 0.1) is 11.3 Å². The van der Waals surface area contributed by atoms with Crippen molar-refractivity contribution >= 4 is 17.7 Å². The summed E-state index contributed by atoms with van der Waals surface area (Å²) in [4.78, 5) is 32.4. The fourth-order valence-corrected chi connectivity index (χ4v) is 2.77. The predicted octanol–water partition coefficient (Wildman–Crippen LogP) is 3.39. The molecular formula is C18H13FN2O4S. The lowest BCUT2D eigenvalue weighted by Gasteiger charge is -2.05. The Balaban J connectivity index is 1.69. The molecule has 3 aromatic rings. The monoisotopic (exact) mass is 372 g/mol. The number of esters is 1. The number of aromatic nitrogens is 2. The van der Waals surface area contributed by atoms with Crippen molar-refractivity contribution in [3.8, 4) is 5.75 Å². The number of ether oxygens (including phenoxy) is 1. The number of thioether (sulfide) groups is 1. The second-order valence-corrected chi connectivity index (χ2v) is 6.16. The molecule has 8 heteroatoms. The minimum atomic E-state index is -0.967. The average Bonchev–Trinajstić information content (AvgIpc) is 2.62.